The number of aliphatic imine (C=N–C) groups is 1. The van der Waals surface area contributed by atoms with Crippen LogP contribution in [0, 0.1) is 20.8 Å². The standard InChI is InChI=1S/C25H24N6O2S/c1-14-15(2)34-25-22(14)23(28-20(11-21(32)33)24-30-29-16(3)31(24)25)18-6-8-19(9-7-18)27-13-17-5-4-10-26-12-17/h4-10,12,20,27H,11,13H2,1-3H3,(H,32,33)/t20-/m0/s1. The summed E-state index contributed by atoms with van der Waals surface area (Å²) >= 11 is 1.66. The van der Waals surface area contributed by atoms with E-state index in [0.717, 1.165) is 44.5 Å². The van der Waals surface area contributed by atoms with Crippen LogP contribution in [-0.2, 0) is 11.3 Å². The summed E-state index contributed by atoms with van der Waals surface area (Å²) < 4.78 is 1.97. The topological polar surface area (TPSA) is 105 Å². The SMILES string of the molecule is Cc1sc2c(c1C)C(c1ccc(NCc3cccnc3)cc1)=N[C@@H](CC(=O)O)c1nnc(C)n1-2. The summed E-state index contributed by atoms with van der Waals surface area (Å²) in [5.74, 6) is 0.361. The molecule has 0 radical (unpaired) electrons. The third kappa shape index (κ3) is 3.99. The lowest BCUT2D eigenvalue weighted by Crippen LogP contribution is -2.10. The monoisotopic (exact) mass is 472 g/mol. The first-order valence-electron chi connectivity index (χ1n) is 11.0. The minimum absolute atomic E-state index is 0.153. The molecule has 5 rings (SSSR count). The molecule has 4 heterocycles. The number of hydrogen-bond acceptors (Lipinski definition) is 7. The number of hydrogen-bond donors (Lipinski definition) is 2. The third-order valence-electron chi connectivity index (χ3n) is 5.99. The zero-order valence-electron chi connectivity index (χ0n) is 19.1. The fraction of sp³-hybridized carbons (Fsp3) is 0.240. The Morgan fingerprint density at radius 3 is 2.65 bits per heavy atom. The number of benzene rings is 1. The molecule has 9 heteroatoms. The number of nitrogens with one attached hydrogen (secondary N) is 1. The molecule has 1 aromatic carbocycles. The van der Waals surface area contributed by atoms with E-state index in [1.165, 1.54) is 4.88 Å². The quantitative estimate of drug-likeness (QED) is 0.424. The number of anilines is 1. The summed E-state index contributed by atoms with van der Waals surface area (Å²) in [6.45, 7) is 6.73. The van der Waals surface area contributed by atoms with Crippen molar-refractivity contribution >= 4 is 28.7 Å². The van der Waals surface area contributed by atoms with Gasteiger partial charge in [0.05, 0.1) is 12.1 Å². The molecule has 1 aliphatic heterocycles. The second-order valence-corrected chi connectivity index (χ2v) is 9.49. The van der Waals surface area contributed by atoms with E-state index in [2.05, 4.69) is 34.3 Å². The summed E-state index contributed by atoms with van der Waals surface area (Å²) in [7, 11) is 0. The van der Waals surface area contributed by atoms with Crippen molar-refractivity contribution in [1.29, 1.82) is 0 Å². The molecule has 8 nitrogen and oxygen atoms in total. The third-order valence-corrected chi connectivity index (χ3v) is 7.18. The van der Waals surface area contributed by atoms with Crippen molar-refractivity contribution in [2.24, 2.45) is 4.99 Å². The summed E-state index contributed by atoms with van der Waals surface area (Å²) in [5.41, 5.74) is 5.94. The maximum absolute atomic E-state index is 11.7. The van der Waals surface area contributed by atoms with Crippen molar-refractivity contribution < 1.29 is 9.90 Å². The number of carbonyl (C=O) groups is 1. The molecule has 4 aromatic rings. The maximum atomic E-state index is 11.7. The molecule has 1 aliphatic rings. The van der Waals surface area contributed by atoms with Crippen LogP contribution < -0.4 is 5.32 Å². The number of aryl methyl sites for hydroxylation is 2. The van der Waals surface area contributed by atoms with Gasteiger partial charge in [-0.15, -0.1) is 21.5 Å². The summed E-state index contributed by atoms with van der Waals surface area (Å²) in [4.78, 5) is 22.0. The molecule has 3 aromatic heterocycles. The number of rotatable bonds is 6. The van der Waals surface area contributed by atoms with Gasteiger partial charge in [-0.1, -0.05) is 18.2 Å². The summed E-state index contributed by atoms with van der Waals surface area (Å²) in [5, 5.41) is 22.5. The van der Waals surface area contributed by atoms with Crippen molar-refractivity contribution in [3.63, 3.8) is 0 Å². The van der Waals surface area contributed by atoms with Gasteiger partial charge < -0.3 is 10.4 Å². The fourth-order valence-corrected chi connectivity index (χ4v) is 5.36. The number of fused-ring (bicyclic) bond motifs is 3. The largest absolute Gasteiger partial charge is 0.481 e. The van der Waals surface area contributed by atoms with E-state index in [1.807, 2.05) is 54.1 Å². The fourth-order valence-electron chi connectivity index (χ4n) is 4.14. The van der Waals surface area contributed by atoms with Gasteiger partial charge in [0.2, 0.25) is 0 Å². The Balaban J connectivity index is 1.56. The molecule has 0 unspecified atom stereocenters. The second-order valence-electron chi connectivity index (χ2n) is 8.29. The molecule has 0 fully saturated rings. The Morgan fingerprint density at radius 1 is 1.15 bits per heavy atom. The van der Waals surface area contributed by atoms with Crippen LogP contribution in [0.5, 0.6) is 0 Å². The van der Waals surface area contributed by atoms with Crippen LogP contribution in [0.25, 0.3) is 5.00 Å². The van der Waals surface area contributed by atoms with E-state index in [1.54, 1.807) is 17.5 Å². The van der Waals surface area contributed by atoms with Crippen molar-refractivity contribution in [1.82, 2.24) is 19.7 Å². The zero-order chi connectivity index (χ0) is 23.8. The first-order chi connectivity index (χ1) is 16.4. The highest BCUT2D eigenvalue weighted by atomic mass is 32.1. The average molecular weight is 473 g/mol. The maximum Gasteiger partial charge on any atom is 0.306 e. The molecule has 0 amide bonds. The number of aliphatic carboxylic acids is 1. The van der Waals surface area contributed by atoms with Crippen molar-refractivity contribution in [3.8, 4) is 5.00 Å². The van der Waals surface area contributed by atoms with Crippen LogP contribution in [0.2, 0.25) is 0 Å². The van der Waals surface area contributed by atoms with Crippen molar-refractivity contribution in [2.75, 3.05) is 5.32 Å². The van der Waals surface area contributed by atoms with Gasteiger partial charge in [-0.05, 0) is 50.1 Å². The lowest BCUT2D eigenvalue weighted by Gasteiger charge is -2.12. The average Bonchev–Trinajstić information content (AvgIpc) is 3.31. The lowest BCUT2D eigenvalue weighted by atomic mass is 9.99. The smallest absolute Gasteiger partial charge is 0.306 e. The van der Waals surface area contributed by atoms with E-state index in [-0.39, 0.29) is 6.42 Å². The Labute approximate surface area is 201 Å². The van der Waals surface area contributed by atoms with E-state index in [9.17, 15) is 9.90 Å². The number of pyridine rings is 1. The number of nitrogens with zero attached hydrogens (tertiary/aromatic N) is 5. The number of carboxylic acids is 1. The minimum atomic E-state index is -0.923. The second kappa shape index (κ2) is 8.83. The molecule has 1 atom stereocenters. The number of carboxylic acid groups (broad SMARTS) is 1. The molecule has 0 spiro atoms. The first kappa shape index (κ1) is 22.0. The first-order valence-corrected chi connectivity index (χ1v) is 11.8. The molecule has 0 aliphatic carbocycles. The molecule has 0 saturated carbocycles. The Bertz CT molecular complexity index is 1390. The molecular weight excluding hydrogens is 448 g/mol. The van der Waals surface area contributed by atoms with Gasteiger partial charge in [0.1, 0.15) is 16.9 Å². The molecule has 2 N–H and O–H groups in total. The lowest BCUT2D eigenvalue weighted by molar-refractivity contribution is -0.137. The van der Waals surface area contributed by atoms with Crippen LogP contribution in [0.15, 0.2) is 53.8 Å². The predicted molar refractivity (Wildman–Crippen MR) is 132 cm³/mol. The van der Waals surface area contributed by atoms with Crippen molar-refractivity contribution in [3.05, 3.63) is 87.6 Å². The molecular formula is C25H24N6O2S. The number of thiophene rings is 1. The highest BCUT2D eigenvalue weighted by Gasteiger charge is 2.32. The molecule has 0 saturated heterocycles. The normalized spacial score (nSPS) is 14.7. The van der Waals surface area contributed by atoms with Crippen LogP contribution in [0.4, 0.5) is 5.69 Å². The highest BCUT2D eigenvalue weighted by molar-refractivity contribution is 7.15. The van der Waals surface area contributed by atoms with Crippen LogP contribution in [0.3, 0.4) is 0 Å². The van der Waals surface area contributed by atoms with Gasteiger partial charge in [-0.3, -0.25) is 19.3 Å². The number of aromatic nitrogens is 4. The summed E-state index contributed by atoms with van der Waals surface area (Å²) in [6.07, 6.45) is 3.45. The van der Waals surface area contributed by atoms with E-state index in [0.29, 0.717) is 12.4 Å². The minimum Gasteiger partial charge on any atom is -0.481 e. The Hall–Kier alpha value is -3.85. The molecule has 0 bridgehead atoms. The zero-order valence-corrected chi connectivity index (χ0v) is 19.9. The summed E-state index contributed by atoms with van der Waals surface area (Å²) in [6, 6.07) is 11.4. The van der Waals surface area contributed by atoms with Gasteiger partial charge in [-0.25, -0.2) is 0 Å². The van der Waals surface area contributed by atoms with E-state index in [4.69, 9.17) is 4.99 Å². The van der Waals surface area contributed by atoms with Crippen LogP contribution in [-0.4, -0.2) is 36.5 Å². The van der Waals surface area contributed by atoms with Gasteiger partial charge in [0, 0.05) is 40.6 Å². The molecule has 34 heavy (non-hydrogen) atoms. The predicted octanol–water partition coefficient (Wildman–Crippen LogP) is 4.63. The molecule has 172 valence electrons. The van der Waals surface area contributed by atoms with E-state index < -0.39 is 12.0 Å². The Morgan fingerprint density at radius 2 is 1.94 bits per heavy atom. The van der Waals surface area contributed by atoms with Gasteiger partial charge in [0.25, 0.3) is 0 Å². The van der Waals surface area contributed by atoms with Gasteiger partial charge >= 0.3 is 5.97 Å². The van der Waals surface area contributed by atoms with Crippen LogP contribution >= 0.6 is 11.3 Å². The Kier molecular flexibility index (Phi) is 5.70. The van der Waals surface area contributed by atoms with E-state index >= 15 is 0 Å². The van der Waals surface area contributed by atoms with Crippen molar-refractivity contribution in [2.45, 2.75) is 39.8 Å². The van der Waals surface area contributed by atoms with Crippen LogP contribution in [0.1, 0.15) is 51.2 Å². The highest BCUT2D eigenvalue weighted by Crippen LogP contribution is 2.39. The van der Waals surface area contributed by atoms with Gasteiger partial charge in [0.15, 0.2) is 5.82 Å². The van der Waals surface area contributed by atoms with Gasteiger partial charge in [-0.2, -0.15) is 0 Å².